The van der Waals surface area contributed by atoms with Gasteiger partial charge in [-0.1, -0.05) is 11.6 Å². The Morgan fingerprint density at radius 1 is 1.06 bits per heavy atom. The maximum absolute atomic E-state index is 13.5. The summed E-state index contributed by atoms with van der Waals surface area (Å²) in [6.45, 7) is 1.11. The van der Waals surface area contributed by atoms with Gasteiger partial charge in [0.1, 0.15) is 22.6 Å². The summed E-state index contributed by atoms with van der Waals surface area (Å²) in [4.78, 5) is 41.8. The number of methoxy groups -OCH3 is 2. The Bertz CT molecular complexity index is 1230. The molecule has 8 nitrogen and oxygen atoms in total. The normalized spacial score (nSPS) is 11.0. The van der Waals surface area contributed by atoms with Crippen LogP contribution in [-0.4, -0.2) is 58.0 Å². The lowest BCUT2D eigenvalue weighted by Crippen LogP contribution is -2.31. The minimum Gasteiger partial charge on any atom is -0.497 e. The second-order valence-corrected chi connectivity index (χ2v) is 8.06. The lowest BCUT2D eigenvalue weighted by Gasteiger charge is -2.12. The third-order valence-electron chi connectivity index (χ3n) is 4.97. The maximum atomic E-state index is 13.5. The molecular formula is C24H25ClN2O6. The van der Waals surface area contributed by atoms with Crippen LogP contribution in [0.5, 0.6) is 11.5 Å². The second-order valence-electron chi connectivity index (χ2n) is 7.62. The quantitative estimate of drug-likeness (QED) is 0.376. The summed E-state index contributed by atoms with van der Waals surface area (Å²) >= 11 is 6.05. The smallest absolute Gasteiger partial charge is 0.287 e. The lowest BCUT2D eigenvalue weighted by molar-refractivity contribution is 0.0912. The minimum absolute atomic E-state index is 0.102. The molecule has 0 saturated carbocycles. The van der Waals surface area contributed by atoms with Gasteiger partial charge in [-0.15, -0.1) is 0 Å². The Labute approximate surface area is 196 Å². The number of hydrogen-bond acceptors (Lipinski definition) is 7. The van der Waals surface area contributed by atoms with Crippen molar-refractivity contribution in [3.05, 3.63) is 68.5 Å². The summed E-state index contributed by atoms with van der Waals surface area (Å²) < 4.78 is 16.2. The molecule has 9 heteroatoms. The average Bonchev–Trinajstić information content (AvgIpc) is 2.81. The van der Waals surface area contributed by atoms with E-state index >= 15 is 0 Å². The first-order valence-electron chi connectivity index (χ1n) is 10.2. The number of fused-ring (bicyclic) bond motifs is 1. The highest BCUT2D eigenvalue weighted by molar-refractivity contribution is 6.31. The number of amides is 1. The Balaban J connectivity index is 2.13. The van der Waals surface area contributed by atoms with Crippen molar-refractivity contribution in [1.29, 1.82) is 0 Å². The van der Waals surface area contributed by atoms with E-state index < -0.39 is 17.1 Å². The van der Waals surface area contributed by atoms with Crippen LogP contribution in [0, 0.1) is 0 Å². The van der Waals surface area contributed by atoms with Crippen molar-refractivity contribution in [1.82, 2.24) is 10.2 Å². The van der Waals surface area contributed by atoms with Gasteiger partial charge in [0.25, 0.3) is 5.91 Å². The molecule has 0 atom stereocenters. The van der Waals surface area contributed by atoms with Crippen LogP contribution in [0.3, 0.4) is 0 Å². The molecule has 0 aliphatic carbocycles. The zero-order valence-electron chi connectivity index (χ0n) is 18.9. The first-order chi connectivity index (χ1) is 15.7. The van der Waals surface area contributed by atoms with Gasteiger partial charge in [0, 0.05) is 23.2 Å². The highest BCUT2D eigenvalue weighted by atomic mass is 35.5. The summed E-state index contributed by atoms with van der Waals surface area (Å²) in [5, 5.41) is 3.13. The monoisotopic (exact) mass is 472 g/mol. The Hall–Kier alpha value is -3.36. The number of rotatable bonds is 9. The van der Waals surface area contributed by atoms with E-state index in [0.717, 1.165) is 6.54 Å². The molecule has 2 aromatic carbocycles. The fraction of sp³-hybridized carbons (Fsp3) is 0.292. The van der Waals surface area contributed by atoms with Gasteiger partial charge < -0.3 is 24.1 Å². The van der Waals surface area contributed by atoms with E-state index in [-0.39, 0.29) is 27.9 Å². The molecule has 0 aliphatic heterocycles. The minimum atomic E-state index is -0.693. The third kappa shape index (κ3) is 5.53. The van der Waals surface area contributed by atoms with Crippen molar-refractivity contribution in [3.8, 4) is 11.5 Å². The van der Waals surface area contributed by atoms with Crippen molar-refractivity contribution in [2.24, 2.45) is 0 Å². The van der Waals surface area contributed by atoms with Crippen LogP contribution in [0.15, 0.2) is 45.6 Å². The van der Waals surface area contributed by atoms with Gasteiger partial charge in [0.05, 0.1) is 19.6 Å². The molecule has 3 rings (SSSR count). The summed E-state index contributed by atoms with van der Waals surface area (Å²) in [5.74, 6) is -0.977. The SMILES string of the molecule is COc1cc(OC)cc(C(=O)c2c(C(=O)NCCCN(C)C)oc3ccc(Cl)cc3c2=O)c1. The summed E-state index contributed by atoms with van der Waals surface area (Å²) in [6, 6.07) is 8.96. The van der Waals surface area contributed by atoms with Gasteiger partial charge in [-0.2, -0.15) is 0 Å². The number of carbonyl (C=O) groups excluding carboxylic acids is 2. The fourth-order valence-electron chi connectivity index (χ4n) is 3.29. The molecule has 1 N–H and O–H groups in total. The van der Waals surface area contributed by atoms with E-state index in [2.05, 4.69) is 5.32 Å². The van der Waals surface area contributed by atoms with E-state index in [4.69, 9.17) is 25.5 Å². The number of benzene rings is 2. The van der Waals surface area contributed by atoms with Crippen molar-refractivity contribution in [3.63, 3.8) is 0 Å². The van der Waals surface area contributed by atoms with Crippen LogP contribution in [0.2, 0.25) is 5.02 Å². The maximum Gasteiger partial charge on any atom is 0.287 e. The molecule has 0 fully saturated rings. The van der Waals surface area contributed by atoms with Crippen LogP contribution in [0.1, 0.15) is 32.9 Å². The van der Waals surface area contributed by atoms with Gasteiger partial charge in [-0.05, 0) is 57.4 Å². The number of hydrogen-bond donors (Lipinski definition) is 1. The molecule has 3 aromatic rings. The number of nitrogens with zero attached hydrogens (tertiary/aromatic N) is 1. The molecule has 0 spiro atoms. The number of carbonyl (C=O) groups is 2. The van der Waals surface area contributed by atoms with E-state index in [9.17, 15) is 14.4 Å². The zero-order valence-corrected chi connectivity index (χ0v) is 19.6. The second kappa shape index (κ2) is 10.5. The summed E-state index contributed by atoms with van der Waals surface area (Å²) in [6.07, 6.45) is 0.683. The summed E-state index contributed by atoms with van der Waals surface area (Å²) in [5.41, 5.74) is -0.765. The van der Waals surface area contributed by atoms with Gasteiger partial charge in [0.15, 0.2) is 0 Å². The van der Waals surface area contributed by atoms with Crippen molar-refractivity contribution in [2.45, 2.75) is 6.42 Å². The Morgan fingerprint density at radius 2 is 1.73 bits per heavy atom. The van der Waals surface area contributed by atoms with E-state index in [1.807, 2.05) is 19.0 Å². The van der Waals surface area contributed by atoms with Crippen LogP contribution in [-0.2, 0) is 0 Å². The van der Waals surface area contributed by atoms with Crippen LogP contribution < -0.4 is 20.2 Å². The number of ether oxygens (including phenoxy) is 2. The molecule has 1 heterocycles. The van der Waals surface area contributed by atoms with Crippen molar-refractivity contribution in [2.75, 3.05) is 41.4 Å². The van der Waals surface area contributed by atoms with Crippen LogP contribution >= 0.6 is 11.6 Å². The highest BCUT2D eigenvalue weighted by Gasteiger charge is 2.27. The van der Waals surface area contributed by atoms with E-state index in [0.29, 0.717) is 29.5 Å². The predicted molar refractivity (Wildman–Crippen MR) is 126 cm³/mol. The molecule has 174 valence electrons. The predicted octanol–water partition coefficient (Wildman–Crippen LogP) is 3.38. The number of nitrogens with one attached hydrogen (secondary N) is 1. The first kappa shape index (κ1) is 24.3. The number of ketones is 1. The van der Waals surface area contributed by atoms with E-state index in [1.165, 1.54) is 38.5 Å². The Kier molecular flexibility index (Phi) is 7.73. The topological polar surface area (TPSA) is 98.1 Å². The van der Waals surface area contributed by atoms with Crippen molar-refractivity contribution < 1.29 is 23.5 Å². The molecule has 1 aromatic heterocycles. The largest absolute Gasteiger partial charge is 0.497 e. The van der Waals surface area contributed by atoms with E-state index in [1.54, 1.807) is 12.1 Å². The fourth-order valence-corrected chi connectivity index (χ4v) is 3.47. The Morgan fingerprint density at radius 3 is 2.33 bits per heavy atom. The standard InChI is InChI=1S/C24H25ClN2O6/c1-27(2)9-5-8-26-24(30)23-20(22(29)18-12-15(25)6-7-19(18)33-23)21(28)14-10-16(31-3)13-17(11-14)32-4/h6-7,10-13H,5,8-9H2,1-4H3,(H,26,30). The first-order valence-corrected chi connectivity index (χ1v) is 10.6. The van der Waals surface area contributed by atoms with Gasteiger partial charge in [0.2, 0.25) is 17.0 Å². The lowest BCUT2D eigenvalue weighted by atomic mass is 9.99. The van der Waals surface area contributed by atoms with Gasteiger partial charge >= 0.3 is 0 Å². The molecular weight excluding hydrogens is 448 g/mol. The van der Waals surface area contributed by atoms with Crippen LogP contribution in [0.25, 0.3) is 11.0 Å². The molecule has 0 bridgehead atoms. The molecule has 0 unspecified atom stereocenters. The molecule has 0 radical (unpaired) electrons. The molecule has 33 heavy (non-hydrogen) atoms. The molecule has 0 aliphatic rings. The molecule has 1 amide bonds. The van der Waals surface area contributed by atoms with Crippen LogP contribution in [0.4, 0.5) is 0 Å². The van der Waals surface area contributed by atoms with Gasteiger partial charge in [-0.3, -0.25) is 14.4 Å². The molecule has 0 saturated heterocycles. The van der Waals surface area contributed by atoms with Gasteiger partial charge in [-0.25, -0.2) is 0 Å². The summed E-state index contributed by atoms with van der Waals surface area (Å²) in [7, 11) is 6.74. The third-order valence-corrected chi connectivity index (χ3v) is 5.20. The highest BCUT2D eigenvalue weighted by Crippen LogP contribution is 2.26. The van der Waals surface area contributed by atoms with Crippen molar-refractivity contribution >= 4 is 34.3 Å². The number of halogens is 1. The zero-order chi connectivity index (χ0) is 24.1. The average molecular weight is 473 g/mol.